The van der Waals surface area contributed by atoms with Gasteiger partial charge in [-0.05, 0) is 44.4 Å². The molecule has 0 atom stereocenters. The first-order valence-electron chi connectivity index (χ1n) is 6.46. The highest BCUT2D eigenvalue weighted by atomic mass is 16.4. The molecule has 1 aromatic carbocycles. The second-order valence-corrected chi connectivity index (χ2v) is 5.37. The minimum absolute atomic E-state index is 0.215. The Morgan fingerprint density at radius 2 is 1.84 bits per heavy atom. The molecule has 100 valence electrons. The molecule has 1 aromatic heterocycles. The fraction of sp³-hybridized carbons (Fsp3) is 0.312. The van der Waals surface area contributed by atoms with Crippen LogP contribution >= 0.6 is 0 Å². The molecular formula is C16H19NO2. The largest absolute Gasteiger partial charge is 0.477 e. The van der Waals surface area contributed by atoms with Crippen molar-refractivity contribution in [1.29, 1.82) is 0 Å². The van der Waals surface area contributed by atoms with E-state index in [2.05, 4.69) is 26.0 Å². The van der Waals surface area contributed by atoms with Crippen LogP contribution in [0, 0.1) is 0 Å². The summed E-state index contributed by atoms with van der Waals surface area (Å²) in [5, 5.41) is 9.18. The first kappa shape index (κ1) is 13.4. The average molecular weight is 257 g/mol. The molecule has 1 heterocycles. The summed E-state index contributed by atoms with van der Waals surface area (Å²) in [5.41, 5.74) is 1.41. The maximum Gasteiger partial charge on any atom is 0.352 e. The lowest BCUT2D eigenvalue weighted by Gasteiger charge is -2.28. The van der Waals surface area contributed by atoms with Gasteiger partial charge in [-0.15, -0.1) is 0 Å². The zero-order valence-corrected chi connectivity index (χ0v) is 11.3. The molecule has 0 radical (unpaired) electrons. The van der Waals surface area contributed by atoms with Gasteiger partial charge in [0.25, 0.3) is 0 Å². The number of aromatic carboxylic acids is 1. The molecule has 0 spiro atoms. The summed E-state index contributed by atoms with van der Waals surface area (Å²) in [7, 11) is 0. The van der Waals surface area contributed by atoms with Crippen LogP contribution in [-0.2, 0) is 12.0 Å². The summed E-state index contributed by atoms with van der Waals surface area (Å²) in [6, 6.07) is 13.7. The number of hydrogen-bond acceptors (Lipinski definition) is 1. The highest BCUT2D eigenvalue weighted by Gasteiger charge is 2.24. The predicted octanol–water partition coefficient (Wildman–Crippen LogP) is 3.55. The number of benzene rings is 1. The summed E-state index contributed by atoms with van der Waals surface area (Å²) in [6.45, 7) is 4.14. The highest BCUT2D eigenvalue weighted by Crippen LogP contribution is 2.24. The molecule has 0 fully saturated rings. The van der Waals surface area contributed by atoms with Gasteiger partial charge in [0.05, 0.1) is 0 Å². The molecule has 3 nitrogen and oxygen atoms in total. The average Bonchev–Trinajstić information content (AvgIpc) is 2.88. The first-order chi connectivity index (χ1) is 9.00. The van der Waals surface area contributed by atoms with E-state index in [0.717, 1.165) is 12.8 Å². The van der Waals surface area contributed by atoms with Gasteiger partial charge in [-0.3, -0.25) is 0 Å². The Morgan fingerprint density at radius 3 is 2.47 bits per heavy atom. The van der Waals surface area contributed by atoms with Crippen LogP contribution < -0.4 is 0 Å². The zero-order chi connectivity index (χ0) is 13.9. The second-order valence-electron chi connectivity index (χ2n) is 5.37. The molecule has 0 aliphatic rings. The second kappa shape index (κ2) is 5.31. The predicted molar refractivity (Wildman–Crippen MR) is 75.5 cm³/mol. The van der Waals surface area contributed by atoms with E-state index in [1.54, 1.807) is 12.1 Å². The van der Waals surface area contributed by atoms with Crippen LogP contribution in [0.4, 0.5) is 0 Å². The zero-order valence-electron chi connectivity index (χ0n) is 11.3. The number of rotatable bonds is 5. The molecule has 0 unspecified atom stereocenters. The summed E-state index contributed by atoms with van der Waals surface area (Å²) >= 11 is 0. The molecule has 0 aliphatic carbocycles. The van der Waals surface area contributed by atoms with E-state index < -0.39 is 5.97 Å². The Hall–Kier alpha value is -2.03. The summed E-state index contributed by atoms with van der Waals surface area (Å²) in [6.07, 6.45) is 3.67. The highest BCUT2D eigenvalue weighted by molar-refractivity contribution is 5.85. The van der Waals surface area contributed by atoms with Crippen LogP contribution in [0.5, 0.6) is 0 Å². The fourth-order valence-corrected chi connectivity index (χ4v) is 2.30. The van der Waals surface area contributed by atoms with Gasteiger partial charge >= 0.3 is 5.97 Å². The van der Waals surface area contributed by atoms with E-state index in [0.29, 0.717) is 5.69 Å². The smallest absolute Gasteiger partial charge is 0.352 e. The van der Waals surface area contributed by atoms with E-state index in [9.17, 15) is 9.90 Å². The molecular weight excluding hydrogens is 238 g/mol. The Kier molecular flexibility index (Phi) is 3.74. The molecule has 0 saturated heterocycles. The number of aryl methyl sites for hydroxylation is 1. The third-order valence-electron chi connectivity index (χ3n) is 3.49. The van der Waals surface area contributed by atoms with Gasteiger partial charge in [0.1, 0.15) is 5.69 Å². The molecule has 0 amide bonds. The van der Waals surface area contributed by atoms with Crippen LogP contribution in [0.1, 0.15) is 36.3 Å². The quantitative estimate of drug-likeness (QED) is 0.890. The van der Waals surface area contributed by atoms with Gasteiger partial charge in [-0.25, -0.2) is 4.79 Å². The van der Waals surface area contributed by atoms with Gasteiger partial charge in [-0.2, -0.15) is 0 Å². The van der Waals surface area contributed by atoms with Crippen molar-refractivity contribution < 1.29 is 9.90 Å². The summed E-state index contributed by atoms with van der Waals surface area (Å²) in [5.74, 6) is -0.877. The number of hydrogen-bond donors (Lipinski definition) is 1. The Bertz CT molecular complexity index is 555. The van der Waals surface area contributed by atoms with E-state index in [1.807, 2.05) is 29.0 Å². The maximum absolute atomic E-state index is 11.2. The third kappa shape index (κ3) is 3.05. The monoisotopic (exact) mass is 257 g/mol. The van der Waals surface area contributed by atoms with Crippen LogP contribution in [-0.4, -0.2) is 15.6 Å². The van der Waals surface area contributed by atoms with Crippen molar-refractivity contribution in [1.82, 2.24) is 4.57 Å². The maximum atomic E-state index is 11.2. The lowest BCUT2D eigenvalue weighted by molar-refractivity contribution is 0.0676. The number of carboxylic acids is 1. The minimum Gasteiger partial charge on any atom is -0.477 e. The first-order valence-corrected chi connectivity index (χ1v) is 6.46. The van der Waals surface area contributed by atoms with Gasteiger partial charge in [0, 0.05) is 11.7 Å². The van der Waals surface area contributed by atoms with Crippen LogP contribution in [0.3, 0.4) is 0 Å². The lowest BCUT2D eigenvalue weighted by Crippen LogP contribution is -2.29. The molecule has 0 saturated carbocycles. The fourth-order valence-electron chi connectivity index (χ4n) is 2.30. The van der Waals surface area contributed by atoms with Crippen molar-refractivity contribution in [3.63, 3.8) is 0 Å². The Labute approximate surface area is 113 Å². The van der Waals surface area contributed by atoms with Crippen LogP contribution in [0.25, 0.3) is 0 Å². The van der Waals surface area contributed by atoms with Gasteiger partial charge in [0.15, 0.2) is 0 Å². The number of carbonyl (C=O) groups is 1. The van der Waals surface area contributed by atoms with Crippen molar-refractivity contribution in [3.05, 3.63) is 59.9 Å². The van der Waals surface area contributed by atoms with Crippen LogP contribution in [0.15, 0.2) is 48.7 Å². The molecule has 1 N–H and O–H groups in total. The van der Waals surface area contributed by atoms with E-state index in [4.69, 9.17) is 0 Å². The summed E-state index contributed by atoms with van der Waals surface area (Å²) < 4.78 is 1.85. The lowest BCUT2D eigenvalue weighted by atomic mass is 9.94. The SMILES string of the molecule is CC(C)(CCc1ccccc1)n1cccc1C(=O)O. The van der Waals surface area contributed by atoms with E-state index >= 15 is 0 Å². The molecule has 0 aliphatic heterocycles. The van der Waals surface area contributed by atoms with Crippen molar-refractivity contribution in [2.75, 3.05) is 0 Å². The molecule has 19 heavy (non-hydrogen) atoms. The van der Waals surface area contributed by atoms with Crippen molar-refractivity contribution in [3.8, 4) is 0 Å². The van der Waals surface area contributed by atoms with Crippen molar-refractivity contribution in [2.24, 2.45) is 0 Å². The topological polar surface area (TPSA) is 42.2 Å². The van der Waals surface area contributed by atoms with Crippen molar-refractivity contribution >= 4 is 5.97 Å². The van der Waals surface area contributed by atoms with Gasteiger partial charge in [-0.1, -0.05) is 30.3 Å². The van der Waals surface area contributed by atoms with E-state index in [1.165, 1.54) is 5.56 Å². The van der Waals surface area contributed by atoms with Crippen molar-refractivity contribution in [2.45, 2.75) is 32.2 Å². The third-order valence-corrected chi connectivity index (χ3v) is 3.49. The Morgan fingerprint density at radius 1 is 1.16 bits per heavy atom. The molecule has 0 bridgehead atoms. The molecule has 3 heteroatoms. The number of aromatic nitrogens is 1. The molecule has 2 rings (SSSR count). The minimum atomic E-state index is -0.877. The Balaban J connectivity index is 2.14. The van der Waals surface area contributed by atoms with Gasteiger partial charge < -0.3 is 9.67 Å². The van der Waals surface area contributed by atoms with Gasteiger partial charge in [0.2, 0.25) is 0 Å². The standard InChI is InChI=1S/C16H19NO2/c1-16(2,11-10-13-7-4-3-5-8-13)17-12-6-9-14(17)15(18)19/h3-9,12H,10-11H2,1-2H3,(H,18,19). The van der Waals surface area contributed by atoms with Crippen LogP contribution in [0.2, 0.25) is 0 Å². The van der Waals surface area contributed by atoms with E-state index in [-0.39, 0.29) is 5.54 Å². The number of nitrogens with zero attached hydrogens (tertiary/aromatic N) is 1. The number of carboxylic acid groups (broad SMARTS) is 1. The summed E-state index contributed by atoms with van der Waals surface area (Å²) in [4.78, 5) is 11.2. The normalized spacial score (nSPS) is 11.5. The molecule has 2 aromatic rings.